The van der Waals surface area contributed by atoms with Crippen molar-refractivity contribution >= 4 is 27.9 Å². The second kappa shape index (κ2) is 5.41. The summed E-state index contributed by atoms with van der Waals surface area (Å²) in [6.45, 7) is 0. The molecule has 5 nitrogen and oxygen atoms in total. The lowest BCUT2D eigenvalue weighted by atomic mass is 10.1. The van der Waals surface area contributed by atoms with Crippen LogP contribution in [0.2, 0.25) is 0 Å². The molecule has 25 heavy (non-hydrogen) atoms. The fourth-order valence-corrected chi connectivity index (χ4v) is 3.40. The fourth-order valence-electron chi connectivity index (χ4n) is 3.40. The van der Waals surface area contributed by atoms with Crippen molar-refractivity contribution in [2.75, 3.05) is 5.32 Å². The van der Waals surface area contributed by atoms with Gasteiger partial charge in [-0.05, 0) is 37.1 Å². The third-order valence-electron chi connectivity index (χ3n) is 4.79. The average molecular weight is 330 g/mol. The minimum absolute atomic E-state index is 0.115. The van der Waals surface area contributed by atoms with Gasteiger partial charge in [-0.3, -0.25) is 4.79 Å². The third kappa shape index (κ3) is 2.36. The number of hydrogen-bond donors (Lipinski definition) is 2. The van der Waals surface area contributed by atoms with Crippen molar-refractivity contribution in [3.63, 3.8) is 0 Å². The maximum Gasteiger partial charge on any atom is 0.300 e. The van der Waals surface area contributed by atoms with Gasteiger partial charge in [0, 0.05) is 22.5 Å². The Labute approximate surface area is 144 Å². The first-order chi connectivity index (χ1) is 12.3. The Kier molecular flexibility index (Phi) is 3.06. The van der Waals surface area contributed by atoms with Gasteiger partial charge < -0.3 is 5.32 Å². The molecule has 122 valence electrons. The number of nitrogens with zero attached hydrogens (tertiary/aromatic N) is 1. The van der Waals surface area contributed by atoms with Crippen LogP contribution >= 0.6 is 0 Å². The molecular weight excluding hydrogens is 312 g/mol. The van der Waals surface area contributed by atoms with Crippen LogP contribution in [-0.4, -0.2) is 10.9 Å². The van der Waals surface area contributed by atoms with Gasteiger partial charge in [-0.2, -0.15) is 4.40 Å². The molecule has 0 saturated heterocycles. The van der Waals surface area contributed by atoms with Gasteiger partial charge in [-0.25, -0.2) is 9.97 Å². The van der Waals surface area contributed by atoms with Crippen LogP contribution in [0.25, 0.3) is 16.3 Å². The molecule has 1 aliphatic rings. The number of nitrogens with one attached hydrogen (secondary N) is 3. The molecule has 0 unspecified atom stereocenters. The third-order valence-corrected chi connectivity index (χ3v) is 4.79. The van der Waals surface area contributed by atoms with Gasteiger partial charge in [0.2, 0.25) is 5.69 Å². The first-order valence-corrected chi connectivity index (χ1v) is 8.54. The maximum atomic E-state index is 13.0. The van der Waals surface area contributed by atoms with Crippen LogP contribution in [0.3, 0.4) is 0 Å². The van der Waals surface area contributed by atoms with E-state index >= 15 is 0 Å². The number of aromatic nitrogens is 3. The highest BCUT2D eigenvalue weighted by atomic mass is 16.1. The van der Waals surface area contributed by atoms with Gasteiger partial charge in [-0.1, -0.05) is 12.1 Å². The first kappa shape index (κ1) is 14.2. The highest BCUT2D eigenvalue weighted by Gasteiger charge is 2.35. The van der Waals surface area contributed by atoms with Gasteiger partial charge in [0.1, 0.15) is 0 Å². The lowest BCUT2D eigenvalue weighted by Crippen LogP contribution is -2.23. The summed E-state index contributed by atoms with van der Waals surface area (Å²) in [6.07, 6.45) is 8.17. The van der Waals surface area contributed by atoms with E-state index in [4.69, 9.17) is 0 Å². The zero-order valence-corrected chi connectivity index (χ0v) is 13.6. The van der Waals surface area contributed by atoms with Gasteiger partial charge >= 0.3 is 0 Å². The average Bonchev–Trinajstić information content (AvgIpc) is 3.42. The number of H-pyrrole nitrogens is 2. The van der Waals surface area contributed by atoms with Gasteiger partial charge in [0.15, 0.2) is 17.9 Å². The summed E-state index contributed by atoms with van der Waals surface area (Å²) < 4.78 is 2.10. The molecule has 1 saturated carbocycles. The van der Waals surface area contributed by atoms with Gasteiger partial charge in [0.05, 0.1) is 12.1 Å². The molecule has 3 aromatic heterocycles. The van der Waals surface area contributed by atoms with Crippen LogP contribution < -0.4 is 14.7 Å². The van der Waals surface area contributed by atoms with E-state index in [9.17, 15) is 4.79 Å². The van der Waals surface area contributed by atoms with Crippen molar-refractivity contribution in [1.82, 2.24) is 4.98 Å². The molecule has 0 spiro atoms. The molecule has 1 amide bonds. The quantitative estimate of drug-likeness (QED) is 0.558. The molecule has 0 bridgehead atoms. The normalized spacial score (nSPS) is 14.1. The van der Waals surface area contributed by atoms with E-state index in [2.05, 4.69) is 19.7 Å². The maximum absolute atomic E-state index is 13.0. The fraction of sp³-hybridized carbons (Fsp3) is 0.150. The minimum atomic E-state index is -0.115. The van der Waals surface area contributed by atoms with E-state index in [0.717, 1.165) is 27.8 Å². The van der Waals surface area contributed by atoms with Crippen LogP contribution in [-0.2, 0) is 0 Å². The van der Waals surface area contributed by atoms with Crippen molar-refractivity contribution < 1.29 is 14.2 Å². The minimum Gasteiger partial charge on any atom is -0.318 e. The number of fused-ring (bicyclic) bond motifs is 2. The van der Waals surface area contributed by atoms with Gasteiger partial charge in [0.25, 0.3) is 11.7 Å². The number of pyridine rings is 2. The number of aromatic amines is 2. The van der Waals surface area contributed by atoms with Crippen LogP contribution in [0.5, 0.6) is 0 Å². The van der Waals surface area contributed by atoms with Crippen molar-refractivity contribution in [2.24, 2.45) is 0 Å². The molecule has 0 aliphatic heterocycles. The molecule has 4 aromatic rings. The Bertz CT molecular complexity index is 1110. The highest BCUT2D eigenvalue weighted by Crippen LogP contribution is 2.38. The van der Waals surface area contributed by atoms with Gasteiger partial charge in [-0.15, -0.1) is 0 Å². The number of amides is 1. The summed E-state index contributed by atoms with van der Waals surface area (Å²) in [5, 5.41) is 5.14. The predicted octanol–water partition coefficient (Wildman–Crippen LogP) is 2.85. The molecule has 1 aromatic carbocycles. The van der Waals surface area contributed by atoms with Crippen LogP contribution in [0.1, 0.15) is 35.1 Å². The zero-order chi connectivity index (χ0) is 16.8. The summed E-state index contributed by atoms with van der Waals surface area (Å²) in [6, 6.07) is 13.8. The predicted molar refractivity (Wildman–Crippen MR) is 94.4 cm³/mol. The van der Waals surface area contributed by atoms with Crippen LogP contribution in [0.15, 0.2) is 61.1 Å². The van der Waals surface area contributed by atoms with E-state index in [0.29, 0.717) is 11.6 Å². The Morgan fingerprint density at radius 1 is 1.16 bits per heavy atom. The number of carbonyl (C=O) groups excluding carboxylic acids is 1. The number of hydrogen-bond acceptors (Lipinski definition) is 1. The summed E-state index contributed by atoms with van der Waals surface area (Å²) in [7, 11) is 0. The van der Waals surface area contributed by atoms with E-state index in [1.165, 1.54) is 12.8 Å². The van der Waals surface area contributed by atoms with Crippen molar-refractivity contribution in [3.8, 4) is 0 Å². The number of benzene rings is 1. The number of imidazole rings is 1. The first-order valence-electron chi connectivity index (χ1n) is 8.54. The Balaban J connectivity index is 1.57. The van der Waals surface area contributed by atoms with E-state index in [1.807, 2.05) is 61.1 Å². The van der Waals surface area contributed by atoms with Crippen molar-refractivity contribution in [2.45, 2.75) is 18.8 Å². The molecule has 0 radical (unpaired) electrons. The molecule has 5 heteroatoms. The lowest BCUT2D eigenvalue weighted by molar-refractivity contribution is -0.521. The second-order valence-corrected chi connectivity index (χ2v) is 6.52. The Morgan fingerprint density at radius 3 is 2.96 bits per heavy atom. The number of carbonyl (C=O) groups is 1. The van der Waals surface area contributed by atoms with Crippen LogP contribution in [0, 0.1) is 0 Å². The van der Waals surface area contributed by atoms with Crippen LogP contribution in [0.4, 0.5) is 5.69 Å². The molecule has 0 atom stereocenters. The summed E-state index contributed by atoms with van der Waals surface area (Å²) >= 11 is 0. The molecule has 3 heterocycles. The second-order valence-electron chi connectivity index (χ2n) is 6.52. The largest absolute Gasteiger partial charge is 0.318 e. The SMILES string of the molecule is O=C(Nc1cccc2c[nH+]ccc12)c1[nH]c(C2CC2)[n+]2ccccc12. The molecule has 5 rings (SSSR count). The standard InChI is InChI=1S/C20H16N4O/c25-20(22-16-5-3-4-14-12-21-10-9-15(14)16)18-17-6-1-2-11-24(17)19(23-18)13-7-8-13/h1-6,9-13H,7-8H2,(H,22,25)/p+2. The topological polar surface area (TPSA) is 63.1 Å². The number of anilines is 1. The summed E-state index contributed by atoms with van der Waals surface area (Å²) in [5.41, 5.74) is 2.34. The molecule has 3 N–H and O–H groups in total. The summed E-state index contributed by atoms with van der Waals surface area (Å²) in [5.74, 6) is 1.54. The lowest BCUT2D eigenvalue weighted by Gasteiger charge is -2.05. The molecule has 1 fully saturated rings. The van der Waals surface area contributed by atoms with E-state index in [1.54, 1.807) is 0 Å². The smallest absolute Gasteiger partial charge is 0.300 e. The number of rotatable bonds is 3. The van der Waals surface area contributed by atoms with E-state index in [-0.39, 0.29) is 5.91 Å². The molecular formula is C20H18N4O+2. The Morgan fingerprint density at radius 2 is 2.08 bits per heavy atom. The zero-order valence-electron chi connectivity index (χ0n) is 13.6. The van der Waals surface area contributed by atoms with Crippen molar-refractivity contribution in [3.05, 3.63) is 72.6 Å². The highest BCUT2D eigenvalue weighted by molar-refractivity contribution is 6.10. The van der Waals surface area contributed by atoms with Crippen molar-refractivity contribution in [1.29, 1.82) is 0 Å². The monoisotopic (exact) mass is 330 g/mol. The van der Waals surface area contributed by atoms with E-state index < -0.39 is 0 Å². The Hall–Kier alpha value is -3.21. The molecule has 1 aliphatic carbocycles. The summed E-state index contributed by atoms with van der Waals surface area (Å²) in [4.78, 5) is 19.4.